The Labute approximate surface area is 111 Å². The van der Waals surface area contributed by atoms with Crippen molar-refractivity contribution in [2.45, 2.75) is 19.4 Å². The number of nitrogens with two attached hydrogens (primary N) is 1. The van der Waals surface area contributed by atoms with Crippen molar-refractivity contribution in [3.8, 4) is 12.3 Å². The Bertz CT molecular complexity index is 692. The summed E-state index contributed by atoms with van der Waals surface area (Å²) < 4.78 is 2.01. The van der Waals surface area contributed by atoms with Crippen LogP contribution in [0, 0.1) is 19.3 Å². The molecule has 98 valence electrons. The molecule has 1 aromatic carbocycles. The first-order valence-electron chi connectivity index (χ1n) is 5.98. The number of hydrogen-bond acceptors (Lipinski definition) is 2. The first kappa shape index (κ1) is 13.2. The van der Waals surface area contributed by atoms with E-state index in [9.17, 15) is 4.79 Å². The molecule has 3 N–H and O–H groups in total. The second-order valence-electron chi connectivity index (χ2n) is 4.65. The fourth-order valence-corrected chi connectivity index (χ4v) is 2.30. The summed E-state index contributed by atoms with van der Waals surface area (Å²) in [5.74, 6) is 1.61. The lowest BCUT2D eigenvalue weighted by Crippen LogP contribution is -2.32. The average Bonchev–Trinajstić information content (AvgIpc) is 2.63. The van der Waals surface area contributed by atoms with E-state index in [0.717, 1.165) is 27.7 Å². The highest BCUT2D eigenvalue weighted by Crippen LogP contribution is 2.26. The third kappa shape index (κ3) is 2.20. The molecule has 0 aliphatic rings. The van der Waals surface area contributed by atoms with Crippen LogP contribution in [0.3, 0.4) is 0 Å². The third-order valence-electron chi connectivity index (χ3n) is 3.53. The summed E-state index contributed by atoms with van der Waals surface area (Å²) in [4.78, 5) is 10.9. The molecule has 0 fully saturated rings. The minimum Gasteiger partial charge on any atom is -0.480 e. The molecule has 19 heavy (non-hydrogen) atoms. The zero-order chi connectivity index (χ0) is 14.2. The van der Waals surface area contributed by atoms with Gasteiger partial charge in [0.05, 0.1) is 0 Å². The van der Waals surface area contributed by atoms with Crippen LogP contribution in [0.2, 0.25) is 0 Å². The van der Waals surface area contributed by atoms with Crippen molar-refractivity contribution in [3.63, 3.8) is 0 Å². The van der Waals surface area contributed by atoms with E-state index < -0.39 is 12.0 Å². The molecule has 1 heterocycles. The van der Waals surface area contributed by atoms with E-state index in [4.69, 9.17) is 17.3 Å². The molecular formula is C15H16N2O2. The van der Waals surface area contributed by atoms with Crippen LogP contribution in [-0.2, 0) is 18.3 Å². The maximum Gasteiger partial charge on any atom is 0.320 e. The van der Waals surface area contributed by atoms with E-state index in [0.29, 0.717) is 6.42 Å². The largest absolute Gasteiger partial charge is 0.480 e. The van der Waals surface area contributed by atoms with E-state index in [1.54, 1.807) is 0 Å². The summed E-state index contributed by atoms with van der Waals surface area (Å²) in [6, 6.07) is 4.83. The molecule has 0 spiro atoms. The molecule has 0 aliphatic carbocycles. The number of nitrogens with zero attached hydrogens (tertiary/aromatic N) is 1. The molecule has 2 rings (SSSR count). The Balaban J connectivity index is 2.59. The maximum absolute atomic E-state index is 10.9. The van der Waals surface area contributed by atoms with Gasteiger partial charge in [0.1, 0.15) is 6.04 Å². The monoisotopic (exact) mass is 256 g/mol. The zero-order valence-electron chi connectivity index (χ0n) is 11.0. The van der Waals surface area contributed by atoms with E-state index in [1.165, 1.54) is 0 Å². The number of carboxylic acids is 1. The van der Waals surface area contributed by atoms with Gasteiger partial charge in [-0.05, 0) is 24.6 Å². The average molecular weight is 256 g/mol. The van der Waals surface area contributed by atoms with Crippen LogP contribution in [-0.4, -0.2) is 21.7 Å². The van der Waals surface area contributed by atoms with Gasteiger partial charge in [-0.2, -0.15) is 0 Å². The normalized spacial score (nSPS) is 12.3. The van der Waals surface area contributed by atoms with E-state index in [1.807, 2.05) is 36.7 Å². The van der Waals surface area contributed by atoms with Crippen molar-refractivity contribution < 1.29 is 9.90 Å². The fraction of sp³-hybridized carbons (Fsp3) is 0.267. The van der Waals surface area contributed by atoms with E-state index in [-0.39, 0.29) is 0 Å². The maximum atomic E-state index is 10.9. The van der Waals surface area contributed by atoms with Crippen LogP contribution >= 0.6 is 0 Å². The fourth-order valence-electron chi connectivity index (χ4n) is 2.30. The number of hydrogen-bond donors (Lipinski definition) is 2. The molecule has 4 nitrogen and oxygen atoms in total. The Hall–Kier alpha value is -2.25. The summed E-state index contributed by atoms with van der Waals surface area (Å²) in [5.41, 5.74) is 9.42. The number of carboxylic acid groups (broad SMARTS) is 1. The number of terminal acetylenes is 1. The number of carbonyl (C=O) groups is 1. The second-order valence-corrected chi connectivity index (χ2v) is 4.65. The van der Waals surface area contributed by atoms with Crippen molar-refractivity contribution in [1.82, 2.24) is 4.57 Å². The van der Waals surface area contributed by atoms with Gasteiger partial charge in [-0.3, -0.25) is 4.79 Å². The minimum atomic E-state index is -0.989. The molecular weight excluding hydrogens is 240 g/mol. The van der Waals surface area contributed by atoms with Crippen LogP contribution in [0.15, 0.2) is 18.2 Å². The second kappa shape index (κ2) is 4.79. The van der Waals surface area contributed by atoms with Gasteiger partial charge < -0.3 is 15.4 Å². The Morgan fingerprint density at radius 2 is 2.26 bits per heavy atom. The molecule has 0 bridgehead atoms. The molecule has 0 radical (unpaired) electrons. The minimum absolute atomic E-state index is 0.313. The summed E-state index contributed by atoms with van der Waals surface area (Å²) in [7, 11) is 1.94. The number of aryl methyl sites for hydroxylation is 1. The molecule has 0 amide bonds. The lowest BCUT2D eigenvalue weighted by Gasteiger charge is -2.07. The zero-order valence-corrected chi connectivity index (χ0v) is 11.0. The van der Waals surface area contributed by atoms with Gasteiger partial charge in [0.15, 0.2) is 0 Å². The molecule has 1 aromatic heterocycles. The third-order valence-corrected chi connectivity index (χ3v) is 3.53. The number of rotatable bonds is 3. The highest BCUT2D eigenvalue weighted by molar-refractivity contribution is 5.87. The predicted octanol–water partition coefficient (Wildman–Crippen LogP) is 1.42. The molecule has 4 heteroatoms. The van der Waals surface area contributed by atoms with Crippen LogP contribution in [0.5, 0.6) is 0 Å². The van der Waals surface area contributed by atoms with Gasteiger partial charge in [0.25, 0.3) is 0 Å². The number of aromatic nitrogens is 1. The summed E-state index contributed by atoms with van der Waals surface area (Å²) in [5, 5.41) is 9.95. The summed E-state index contributed by atoms with van der Waals surface area (Å²) in [6.07, 6.45) is 5.71. The Morgan fingerprint density at radius 1 is 1.58 bits per heavy atom. The number of aliphatic carboxylic acids is 1. The van der Waals surface area contributed by atoms with Gasteiger partial charge in [0, 0.05) is 35.6 Å². The molecule has 0 saturated heterocycles. The van der Waals surface area contributed by atoms with Crippen molar-refractivity contribution in [2.75, 3.05) is 0 Å². The van der Waals surface area contributed by atoms with Gasteiger partial charge in [-0.25, -0.2) is 0 Å². The molecule has 0 saturated carbocycles. The standard InChI is InChI=1S/C15H16N2O2/c1-4-10-5-6-11-12(8-13(16)15(18)19)9(2)17(3)14(11)7-10/h1,5-7,13H,8,16H2,2-3H3,(H,18,19). The highest BCUT2D eigenvalue weighted by atomic mass is 16.4. The van der Waals surface area contributed by atoms with E-state index in [2.05, 4.69) is 5.92 Å². The van der Waals surface area contributed by atoms with Crippen LogP contribution < -0.4 is 5.73 Å². The van der Waals surface area contributed by atoms with E-state index >= 15 is 0 Å². The highest BCUT2D eigenvalue weighted by Gasteiger charge is 2.18. The topological polar surface area (TPSA) is 68.2 Å². The van der Waals surface area contributed by atoms with Crippen molar-refractivity contribution in [1.29, 1.82) is 0 Å². The summed E-state index contributed by atoms with van der Waals surface area (Å²) >= 11 is 0. The van der Waals surface area contributed by atoms with Crippen LogP contribution in [0.1, 0.15) is 16.8 Å². The molecule has 1 atom stereocenters. The first-order chi connectivity index (χ1) is 8.95. The quantitative estimate of drug-likeness (QED) is 0.816. The van der Waals surface area contributed by atoms with Gasteiger partial charge in [-0.1, -0.05) is 12.0 Å². The number of benzene rings is 1. The lowest BCUT2D eigenvalue weighted by atomic mass is 10.0. The van der Waals surface area contributed by atoms with Crippen LogP contribution in [0.4, 0.5) is 0 Å². The van der Waals surface area contributed by atoms with Crippen molar-refractivity contribution in [2.24, 2.45) is 12.8 Å². The van der Waals surface area contributed by atoms with Crippen LogP contribution in [0.25, 0.3) is 10.9 Å². The van der Waals surface area contributed by atoms with Gasteiger partial charge in [0.2, 0.25) is 0 Å². The predicted molar refractivity (Wildman–Crippen MR) is 74.9 cm³/mol. The smallest absolute Gasteiger partial charge is 0.320 e. The molecule has 0 aliphatic heterocycles. The first-order valence-corrected chi connectivity index (χ1v) is 5.98. The SMILES string of the molecule is C#Cc1ccc2c(CC(N)C(=O)O)c(C)n(C)c2c1. The van der Waals surface area contributed by atoms with Gasteiger partial charge in [-0.15, -0.1) is 6.42 Å². The molecule has 2 aromatic rings. The number of fused-ring (bicyclic) bond motifs is 1. The molecule has 1 unspecified atom stereocenters. The van der Waals surface area contributed by atoms with Crippen molar-refractivity contribution >= 4 is 16.9 Å². The van der Waals surface area contributed by atoms with Gasteiger partial charge >= 0.3 is 5.97 Å². The lowest BCUT2D eigenvalue weighted by molar-refractivity contribution is -0.138. The van der Waals surface area contributed by atoms with Crippen molar-refractivity contribution in [3.05, 3.63) is 35.0 Å². The Morgan fingerprint density at radius 3 is 2.84 bits per heavy atom. The Kier molecular flexibility index (Phi) is 3.32. The summed E-state index contributed by atoms with van der Waals surface area (Å²) in [6.45, 7) is 1.96.